The van der Waals surface area contributed by atoms with Crippen molar-refractivity contribution in [2.24, 2.45) is 5.92 Å². The molecule has 1 aliphatic heterocycles. The van der Waals surface area contributed by atoms with Crippen molar-refractivity contribution >= 4 is 17.6 Å². The van der Waals surface area contributed by atoms with E-state index in [4.69, 9.17) is 0 Å². The zero-order chi connectivity index (χ0) is 19.8. The number of carbonyl (C=O) groups excluding carboxylic acids is 2. The highest BCUT2D eigenvalue weighted by Crippen LogP contribution is 2.22. The van der Waals surface area contributed by atoms with Crippen LogP contribution >= 0.6 is 0 Å². The number of nitrogens with zero attached hydrogens (tertiary/aromatic N) is 2. The van der Waals surface area contributed by atoms with E-state index in [0.29, 0.717) is 13.1 Å². The van der Waals surface area contributed by atoms with Crippen molar-refractivity contribution in [2.45, 2.75) is 59.8 Å². The highest BCUT2D eigenvalue weighted by Gasteiger charge is 2.30. The second-order valence-electron chi connectivity index (χ2n) is 7.48. The number of anilines is 1. The quantitative estimate of drug-likeness (QED) is 0.768. The van der Waals surface area contributed by atoms with Gasteiger partial charge in [-0.1, -0.05) is 25.5 Å². The van der Waals surface area contributed by atoms with E-state index in [2.05, 4.69) is 24.4 Å². The topological polar surface area (TPSA) is 52.7 Å². The van der Waals surface area contributed by atoms with Crippen LogP contribution in [0, 0.1) is 12.8 Å². The molecule has 1 heterocycles. The van der Waals surface area contributed by atoms with Crippen molar-refractivity contribution in [1.82, 2.24) is 9.80 Å². The average molecular weight is 374 g/mol. The smallest absolute Gasteiger partial charge is 0.321 e. The minimum atomic E-state index is -0.101. The Morgan fingerprint density at radius 1 is 1.22 bits per heavy atom. The zero-order valence-electron chi connectivity index (χ0n) is 17.4. The van der Waals surface area contributed by atoms with Crippen molar-refractivity contribution < 1.29 is 9.59 Å². The van der Waals surface area contributed by atoms with Gasteiger partial charge in [-0.3, -0.25) is 4.79 Å². The Labute approximate surface area is 164 Å². The van der Waals surface area contributed by atoms with E-state index < -0.39 is 0 Å². The fraction of sp³-hybridized carbons (Fsp3) is 0.636. The molecule has 1 aromatic carbocycles. The Morgan fingerprint density at radius 3 is 2.59 bits per heavy atom. The van der Waals surface area contributed by atoms with Gasteiger partial charge in [-0.15, -0.1) is 0 Å². The number of unbranched alkanes of at least 4 members (excludes halogenated alkanes) is 1. The average Bonchev–Trinajstić information content (AvgIpc) is 2.69. The Morgan fingerprint density at radius 2 is 1.96 bits per heavy atom. The molecule has 1 aliphatic rings. The molecular formula is C22H35N3O2. The zero-order valence-corrected chi connectivity index (χ0v) is 17.4. The van der Waals surface area contributed by atoms with Crippen molar-refractivity contribution in [1.29, 1.82) is 0 Å². The van der Waals surface area contributed by atoms with Crippen molar-refractivity contribution in [2.75, 3.05) is 31.5 Å². The molecule has 1 unspecified atom stereocenters. The van der Waals surface area contributed by atoms with Gasteiger partial charge in [0.25, 0.3) is 0 Å². The van der Waals surface area contributed by atoms with Gasteiger partial charge in [-0.25, -0.2) is 4.79 Å². The molecule has 0 radical (unpaired) electrons. The van der Waals surface area contributed by atoms with Gasteiger partial charge < -0.3 is 15.1 Å². The van der Waals surface area contributed by atoms with Crippen LogP contribution in [0.15, 0.2) is 18.2 Å². The number of hydrogen-bond donors (Lipinski definition) is 1. The molecule has 0 aliphatic carbocycles. The lowest BCUT2D eigenvalue weighted by molar-refractivity contribution is -0.136. The van der Waals surface area contributed by atoms with Gasteiger partial charge in [0.1, 0.15) is 0 Å². The summed E-state index contributed by atoms with van der Waals surface area (Å²) in [5.41, 5.74) is 3.26. The Kier molecular flexibility index (Phi) is 8.14. The molecule has 1 aromatic rings. The van der Waals surface area contributed by atoms with Crippen LogP contribution in [0.2, 0.25) is 0 Å². The molecule has 0 bridgehead atoms. The van der Waals surface area contributed by atoms with Crippen LogP contribution in [0.5, 0.6) is 0 Å². The number of carbonyl (C=O) groups is 2. The van der Waals surface area contributed by atoms with E-state index in [1.54, 1.807) is 4.90 Å². The largest absolute Gasteiger partial charge is 0.343 e. The maximum Gasteiger partial charge on any atom is 0.321 e. The fourth-order valence-corrected chi connectivity index (χ4v) is 3.75. The van der Waals surface area contributed by atoms with Gasteiger partial charge in [-0.2, -0.15) is 0 Å². The lowest BCUT2D eigenvalue weighted by atomic mass is 9.96. The van der Waals surface area contributed by atoms with Crippen LogP contribution in [-0.2, 0) is 11.2 Å². The van der Waals surface area contributed by atoms with Crippen LogP contribution < -0.4 is 5.32 Å². The second kappa shape index (κ2) is 10.3. The normalized spacial score (nSPS) is 16.9. The SMILES string of the molecule is CCCCc1ccc(NC(=O)N2CCCC(C(=O)N(CC)CC)C2)c(C)c1. The van der Waals surface area contributed by atoms with Gasteiger partial charge >= 0.3 is 6.03 Å². The first-order valence-electron chi connectivity index (χ1n) is 10.4. The summed E-state index contributed by atoms with van der Waals surface area (Å²) in [4.78, 5) is 29.0. The molecule has 27 heavy (non-hydrogen) atoms. The summed E-state index contributed by atoms with van der Waals surface area (Å²) in [6.45, 7) is 10.9. The van der Waals surface area contributed by atoms with Crippen molar-refractivity contribution in [3.8, 4) is 0 Å². The molecule has 0 saturated carbocycles. The van der Waals surface area contributed by atoms with Gasteiger partial charge in [-0.05, 0) is 63.6 Å². The minimum absolute atomic E-state index is 0.0816. The van der Waals surface area contributed by atoms with E-state index >= 15 is 0 Å². The maximum absolute atomic E-state index is 12.7. The number of rotatable bonds is 7. The molecule has 5 heteroatoms. The summed E-state index contributed by atoms with van der Waals surface area (Å²) in [6, 6.07) is 6.16. The lowest BCUT2D eigenvalue weighted by Gasteiger charge is -2.34. The summed E-state index contributed by atoms with van der Waals surface area (Å²) in [7, 11) is 0. The summed E-state index contributed by atoms with van der Waals surface area (Å²) in [5, 5.41) is 3.04. The van der Waals surface area contributed by atoms with Gasteiger partial charge in [0.2, 0.25) is 5.91 Å². The van der Waals surface area contributed by atoms with Crippen LogP contribution in [0.1, 0.15) is 57.6 Å². The van der Waals surface area contributed by atoms with Crippen LogP contribution in [0.3, 0.4) is 0 Å². The van der Waals surface area contributed by atoms with Crippen molar-refractivity contribution in [3.63, 3.8) is 0 Å². The van der Waals surface area contributed by atoms with Crippen molar-refractivity contribution in [3.05, 3.63) is 29.3 Å². The first kappa shape index (κ1) is 21.3. The summed E-state index contributed by atoms with van der Waals surface area (Å²) >= 11 is 0. The second-order valence-corrected chi connectivity index (χ2v) is 7.48. The molecule has 2 rings (SSSR count). The third-order valence-electron chi connectivity index (χ3n) is 5.48. The van der Waals surface area contributed by atoms with E-state index in [1.165, 1.54) is 18.4 Å². The third kappa shape index (κ3) is 5.72. The number of nitrogens with one attached hydrogen (secondary N) is 1. The maximum atomic E-state index is 12.7. The number of piperidine rings is 1. The summed E-state index contributed by atoms with van der Waals surface area (Å²) < 4.78 is 0. The molecule has 0 spiro atoms. The predicted octanol–water partition coefficient (Wildman–Crippen LogP) is 4.45. The number of likely N-dealkylation sites (tertiary alicyclic amines) is 1. The third-order valence-corrected chi connectivity index (χ3v) is 5.48. The van der Waals surface area contributed by atoms with E-state index in [1.807, 2.05) is 31.7 Å². The molecule has 1 saturated heterocycles. The van der Waals surface area contributed by atoms with E-state index in [9.17, 15) is 9.59 Å². The highest BCUT2D eigenvalue weighted by atomic mass is 16.2. The molecule has 3 amide bonds. The number of aryl methyl sites for hydroxylation is 2. The molecule has 0 aromatic heterocycles. The summed E-state index contributed by atoms with van der Waals surface area (Å²) in [5.74, 6) is 0.0934. The Hall–Kier alpha value is -2.04. The molecule has 150 valence electrons. The standard InChI is InChI=1S/C22H35N3O2/c1-5-8-10-18-12-13-20(17(4)15-18)23-22(27)25-14-9-11-19(16-25)21(26)24(6-2)7-3/h12-13,15,19H,5-11,14,16H2,1-4H3,(H,23,27). The highest BCUT2D eigenvalue weighted by molar-refractivity contribution is 5.91. The number of urea groups is 1. The molecular weight excluding hydrogens is 338 g/mol. The minimum Gasteiger partial charge on any atom is -0.343 e. The summed E-state index contributed by atoms with van der Waals surface area (Å²) in [6.07, 6.45) is 5.18. The van der Waals surface area contributed by atoms with E-state index in [-0.39, 0.29) is 17.9 Å². The van der Waals surface area contributed by atoms with Gasteiger partial charge in [0.15, 0.2) is 0 Å². The Balaban J connectivity index is 1.98. The van der Waals surface area contributed by atoms with Gasteiger partial charge in [0, 0.05) is 31.9 Å². The molecule has 1 N–H and O–H groups in total. The van der Waals surface area contributed by atoms with Gasteiger partial charge in [0.05, 0.1) is 5.92 Å². The first-order valence-corrected chi connectivity index (χ1v) is 10.4. The molecule has 1 atom stereocenters. The Bertz CT molecular complexity index is 640. The molecule has 5 nitrogen and oxygen atoms in total. The number of amides is 3. The number of benzene rings is 1. The van der Waals surface area contributed by atoms with Crippen LogP contribution in [0.4, 0.5) is 10.5 Å². The van der Waals surface area contributed by atoms with Crippen LogP contribution in [0.25, 0.3) is 0 Å². The van der Waals surface area contributed by atoms with Crippen LogP contribution in [-0.4, -0.2) is 47.9 Å². The predicted molar refractivity (Wildman–Crippen MR) is 111 cm³/mol. The monoisotopic (exact) mass is 373 g/mol. The lowest BCUT2D eigenvalue weighted by Crippen LogP contribution is -2.48. The van der Waals surface area contributed by atoms with E-state index in [0.717, 1.165) is 43.6 Å². The molecule has 1 fully saturated rings. The number of hydrogen-bond acceptors (Lipinski definition) is 2. The first-order chi connectivity index (χ1) is 13.0. The fourth-order valence-electron chi connectivity index (χ4n) is 3.75.